The van der Waals surface area contributed by atoms with Crippen LogP contribution in [0.1, 0.15) is 36.4 Å². The van der Waals surface area contributed by atoms with Crippen LogP contribution in [-0.2, 0) is 4.79 Å². The topological polar surface area (TPSA) is 29.1 Å². The first-order valence-corrected chi connectivity index (χ1v) is 9.61. The molecule has 0 aliphatic heterocycles. The van der Waals surface area contributed by atoms with Crippen molar-refractivity contribution >= 4 is 51.7 Å². The number of carbonyl (C=O) groups excluding carboxylic acids is 1. The highest BCUT2D eigenvalue weighted by atomic mass is 127. The summed E-state index contributed by atoms with van der Waals surface area (Å²) in [6, 6.07) is 15.5. The normalized spacial score (nSPS) is 13.4. The lowest BCUT2D eigenvalue weighted by Crippen LogP contribution is -2.27. The summed E-state index contributed by atoms with van der Waals surface area (Å²) in [5.74, 6) is 0.300. The Morgan fingerprint density at radius 2 is 1.48 bits per heavy atom. The molecule has 5 heteroatoms. The minimum absolute atomic E-state index is 0.0340. The van der Waals surface area contributed by atoms with Crippen molar-refractivity contribution in [3.8, 4) is 0 Å². The molecule has 1 N–H and O–H groups in total. The molecule has 0 bridgehead atoms. The predicted molar refractivity (Wildman–Crippen MR) is 106 cm³/mol. The fourth-order valence-electron chi connectivity index (χ4n) is 2.53. The first kappa shape index (κ1) is 18.6. The van der Waals surface area contributed by atoms with Gasteiger partial charge in [0.1, 0.15) is 0 Å². The van der Waals surface area contributed by atoms with E-state index in [1.54, 1.807) is 6.92 Å². The van der Waals surface area contributed by atoms with Crippen molar-refractivity contribution in [1.82, 2.24) is 5.32 Å². The molecule has 2 aromatic rings. The number of alkyl halides is 1. The monoisotopic (exact) mass is 461 g/mol. The predicted octanol–water partition coefficient (Wildman–Crippen LogP) is 5.78. The smallest absolute Gasteiger partial charge is 0.217 e. The number of benzene rings is 2. The van der Waals surface area contributed by atoms with Crippen LogP contribution in [0.25, 0.3) is 0 Å². The highest BCUT2D eigenvalue weighted by Crippen LogP contribution is 2.31. The van der Waals surface area contributed by atoms with Gasteiger partial charge in [-0.25, -0.2) is 0 Å². The first-order valence-electron chi connectivity index (χ1n) is 7.33. The molecular weight excluding hydrogens is 444 g/mol. The number of hydrogen-bond donors (Lipinski definition) is 1. The minimum Gasteiger partial charge on any atom is -0.350 e. The van der Waals surface area contributed by atoms with E-state index in [1.165, 1.54) is 5.56 Å². The van der Waals surface area contributed by atoms with Crippen LogP contribution in [0.5, 0.6) is 0 Å². The number of hydrogen-bond acceptors (Lipinski definition) is 1. The molecule has 0 radical (unpaired) electrons. The second-order valence-corrected chi connectivity index (χ2v) is 7.20. The largest absolute Gasteiger partial charge is 0.350 e. The summed E-state index contributed by atoms with van der Waals surface area (Å²) in [7, 11) is 0. The molecule has 2 nitrogen and oxygen atoms in total. The maximum atomic E-state index is 11.6. The Morgan fingerprint density at radius 1 is 1.00 bits per heavy atom. The lowest BCUT2D eigenvalue weighted by molar-refractivity contribution is -0.119. The van der Waals surface area contributed by atoms with Crippen molar-refractivity contribution < 1.29 is 4.79 Å². The Labute approximate surface area is 160 Å². The van der Waals surface area contributed by atoms with Crippen molar-refractivity contribution in [3.05, 3.63) is 69.7 Å². The van der Waals surface area contributed by atoms with Crippen LogP contribution in [0.4, 0.5) is 0 Å². The van der Waals surface area contributed by atoms with Gasteiger partial charge in [-0.3, -0.25) is 4.79 Å². The van der Waals surface area contributed by atoms with Gasteiger partial charge in [-0.05, 0) is 47.7 Å². The van der Waals surface area contributed by atoms with Crippen LogP contribution < -0.4 is 5.32 Å². The minimum atomic E-state index is -0.0415. The lowest BCUT2D eigenvalue weighted by Gasteiger charge is -2.24. The molecule has 0 heterocycles. The van der Waals surface area contributed by atoms with Crippen molar-refractivity contribution in [1.29, 1.82) is 0 Å². The molecule has 0 spiro atoms. The molecule has 0 aromatic heterocycles. The third-order valence-electron chi connectivity index (χ3n) is 3.70. The van der Waals surface area contributed by atoms with Gasteiger partial charge in [-0.2, -0.15) is 0 Å². The molecule has 122 valence electrons. The second-order valence-electron chi connectivity index (χ2n) is 5.44. The van der Waals surface area contributed by atoms with Crippen LogP contribution in [0.3, 0.4) is 0 Å². The summed E-state index contributed by atoms with van der Waals surface area (Å²) < 4.78 is 0.961. The summed E-state index contributed by atoms with van der Waals surface area (Å²) in [4.78, 5) is 11.6. The molecule has 23 heavy (non-hydrogen) atoms. The summed E-state index contributed by atoms with van der Waals surface area (Å²) in [5.41, 5.74) is 2.29. The van der Waals surface area contributed by atoms with Gasteiger partial charge in [0.2, 0.25) is 5.91 Å². The molecule has 2 aromatic carbocycles. The zero-order valence-electron chi connectivity index (χ0n) is 12.7. The zero-order valence-corrected chi connectivity index (χ0v) is 16.4. The van der Waals surface area contributed by atoms with Gasteiger partial charge < -0.3 is 5.32 Å². The summed E-state index contributed by atoms with van der Waals surface area (Å²) >= 11 is 14.3. The number of amides is 1. The fourth-order valence-corrected chi connectivity index (χ4v) is 3.65. The summed E-state index contributed by atoms with van der Waals surface area (Å²) in [5, 5.41) is 4.48. The second kappa shape index (κ2) is 8.90. The van der Waals surface area contributed by atoms with Crippen LogP contribution in [-0.4, -0.2) is 10.3 Å². The van der Waals surface area contributed by atoms with Crippen molar-refractivity contribution in [2.45, 2.75) is 25.3 Å². The molecule has 0 aliphatic rings. The Morgan fingerprint density at radius 3 is 1.91 bits per heavy atom. The molecule has 0 saturated heterocycles. The number of nitrogens with one attached hydrogen (secondary N) is 1. The van der Waals surface area contributed by atoms with Gasteiger partial charge in [0.15, 0.2) is 0 Å². The van der Waals surface area contributed by atoms with Crippen LogP contribution in [0.15, 0.2) is 48.5 Å². The standard InChI is InChI=1S/C18H18Cl2INO/c1-12(23)22-18(14-4-8-17(20)9-5-14)10-15(11-21)13-2-6-16(19)7-3-13/h2-9,15,18H,10-11H2,1H3,(H,22,23). The average molecular weight is 462 g/mol. The SMILES string of the molecule is CC(=O)NC(CC(CI)c1ccc(Cl)cc1)c1ccc(Cl)cc1. The molecule has 1 amide bonds. The van der Waals surface area contributed by atoms with Crippen LogP contribution >= 0.6 is 45.8 Å². The van der Waals surface area contributed by atoms with Gasteiger partial charge in [0, 0.05) is 21.4 Å². The number of carbonyl (C=O) groups is 1. The molecule has 0 saturated carbocycles. The Balaban J connectivity index is 2.22. The maximum absolute atomic E-state index is 11.6. The van der Waals surface area contributed by atoms with Crippen LogP contribution in [0, 0.1) is 0 Å². The summed E-state index contributed by atoms with van der Waals surface area (Å²) in [6.07, 6.45) is 0.825. The highest BCUT2D eigenvalue weighted by Gasteiger charge is 2.20. The Bertz CT molecular complexity index is 643. The van der Waals surface area contributed by atoms with Gasteiger partial charge in [-0.1, -0.05) is 70.1 Å². The van der Waals surface area contributed by atoms with E-state index in [1.807, 2.05) is 36.4 Å². The van der Waals surface area contributed by atoms with E-state index < -0.39 is 0 Å². The van der Waals surface area contributed by atoms with Gasteiger partial charge in [-0.15, -0.1) is 0 Å². The van der Waals surface area contributed by atoms with E-state index in [0.717, 1.165) is 21.4 Å². The van der Waals surface area contributed by atoms with E-state index in [2.05, 4.69) is 40.0 Å². The molecule has 0 aliphatic carbocycles. The Hall–Kier alpha value is -0.780. The van der Waals surface area contributed by atoms with Crippen molar-refractivity contribution in [2.75, 3.05) is 4.43 Å². The van der Waals surface area contributed by atoms with E-state index in [-0.39, 0.29) is 11.9 Å². The van der Waals surface area contributed by atoms with Crippen LogP contribution in [0.2, 0.25) is 10.0 Å². The van der Waals surface area contributed by atoms with Crippen molar-refractivity contribution in [3.63, 3.8) is 0 Å². The number of rotatable bonds is 6. The van der Waals surface area contributed by atoms with Gasteiger partial charge in [0.05, 0.1) is 6.04 Å². The molecule has 2 rings (SSSR count). The zero-order chi connectivity index (χ0) is 16.8. The van der Waals surface area contributed by atoms with E-state index in [9.17, 15) is 4.79 Å². The van der Waals surface area contributed by atoms with E-state index in [4.69, 9.17) is 23.2 Å². The molecular formula is C18H18Cl2INO. The maximum Gasteiger partial charge on any atom is 0.217 e. The van der Waals surface area contributed by atoms with E-state index >= 15 is 0 Å². The molecule has 2 atom stereocenters. The molecule has 2 unspecified atom stereocenters. The fraction of sp³-hybridized carbons (Fsp3) is 0.278. The van der Waals surface area contributed by atoms with Gasteiger partial charge in [0.25, 0.3) is 0 Å². The van der Waals surface area contributed by atoms with Crippen molar-refractivity contribution in [2.24, 2.45) is 0 Å². The highest BCUT2D eigenvalue weighted by molar-refractivity contribution is 14.1. The first-order chi connectivity index (χ1) is 11.0. The quantitative estimate of drug-likeness (QED) is 0.428. The average Bonchev–Trinajstić information content (AvgIpc) is 2.53. The summed E-state index contributed by atoms with van der Waals surface area (Å²) in [6.45, 7) is 1.55. The third kappa shape index (κ3) is 5.66. The lowest BCUT2D eigenvalue weighted by atomic mass is 9.90. The third-order valence-corrected chi connectivity index (χ3v) is 5.26. The number of halogens is 3. The van der Waals surface area contributed by atoms with Gasteiger partial charge >= 0.3 is 0 Å². The molecule has 0 fully saturated rings. The Kier molecular flexibility index (Phi) is 7.18. The van der Waals surface area contributed by atoms with E-state index in [0.29, 0.717) is 10.9 Å².